The van der Waals surface area contributed by atoms with Crippen LogP contribution >= 0.6 is 15.9 Å². The van der Waals surface area contributed by atoms with Gasteiger partial charge in [-0.15, -0.1) is 6.42 Å². The Morgan fingerprint density at radius 1 is 1.38 bits per heavy atom. The van der Waals surface area contributed by atoms with Crippen molar-refractivity contribution in [1.29, 1.82) is 0 Å². The highest BCUT2D eigenvalue weighted by molar-refractivity contribution is 9.10. The van der Waals surface area contributed by atoms with E-state index in [1.807, 2.05) is 12.1 Å². The number of benzene rings is 1. The van der Waals surface area contributed by atoms with Gasteiger partial charge in [0.15, 0.2) is 11.5 Å². The Kier molecular flexibility index (Phi) is 5.17. The van der Waals surface area contributed by atoms with Crippen molar-refractivity contribution in [2.24, 2.45) is 0 Å². The molecule has 1 rings (SSSR count). The Bertz CT molecular complexity index is 399. The summed E-state index contributed by atoms with van der Waals surface area (Å²) in [6.07, 6.45) is 5.17. The summed E-state index contributed by atoms with van der Waals surface area (Å²) in [4.78, 5) is 0. The van der Waals surface area contributed by atoms with E-state index < -0.39 is 0 Å². The molecular weight excluding hydrogens is 270 g/mol. The first-order valence-corrected chi connectivity index (χ1v) is 5.56. The van der Waals surface area contributed by atoms with Crippen LogP contribution in [0.15, 0.2) is 16.6 Å². The molecule has 1 aromatic carbocycles. The third kappa shape index (κ3) is 3.16. The van der Waals surface area contributed by atoms with Crippen molar-refractivity contribution in [3.05, 3.63) is 22.2 Å². The molecule has 0 radical (unpaired) electrons. The molecule has 0 aliphatic carbocycles. The smallest absolute Gasteiger partial charge is 0.165 e. The van der Waals surface area contributed by atoms with Crippen LogP contribution in [0.1, 0.15) is 5.56 Å². The quantitative estimate of drug-likeness (QED) is 0.664. The van der Waals surface area contributed by atoms with Crippen molar-refractivity contribution >= 4 is 15.9 Å². The van der Waals surface area contributed by atoms with E-state index in [2.05, 4.69) is 27.2 Å². The van der Waals surface area contributed by atoms with Gasteiger partial charge in [0.1, 0.15) is 0 Å². The standard InChI is InChI=1S/C12H14BrNO2/c1-4-5-14-8-9-6-10(13)7-11(15-2)12(9)16-3/h1,6-7,14H,5,8H2,2-3H3. The maximum Gasteiger partial charge on any atom is 0.165 e. The molecule has 0 amide bonds. The molecule has 0 unspecified atom stereocenters. The largest absolute Gasteiger partial charge is 0.493 e. The van der Waals surface area contributed by atoms with Gasteiger partial charge in [-0.05, 0) is 12.1 Å². The molecule has 16 heavy (non-hydrogen) atoms. The molecular formula is C12H14BrNO2. The molecule has 3 nitrogen and oxygen atoms in total. The van der Waals surface area contributed by atoms with E-state index in [4.69, 9.17) is 15.9 Å². The molecule has 0 atom stereocenters. The summed E-state index contributed by atoms with van der Waals surface area (Å²) in [5, 5.41) is 3.11. The first-order chi connectivity index (χ1) is 7.72. The molecule has 0 bridgehead atoms. The second-order valence-electron chi connectivity index (χ2n) is 3.11. The van der Waals surface area contributed by atoms with E-state index in [1.165, 1.54) is 0 Å². The van der Waals surface area contributed by atoms with Crippen molar-refractivity contribution in [3.63, 3.8) is 0 Å². The van der Waals surface area contributed by atoms with Crippen LogP contribution < -0.4 is 14.8 Å². The third-order valence-corrected chi connectivity index (χ3v) is 2.52. The van der Waals surface area contributed by atoms with E-state index in [0.717, 1.165) is 15.8 Å². The highest BCUT2D eigenvalue weighted by atomic mass is 79.9. The Labute approximate surface area is 104 Å². The second kappa shape index (κ2) is 6.41. The van der Waals surface area contributed by atoms with Crippen LogP contribution in [0, 0.1) is 12.3 Å². The van der Waals surface area contributed by atoms with E-state index in [1.54, 1.807) is 14.2 Å². The summed E-state index contributed by atoms with van der Waals surface area (Å²) >= 11 is 3.42. The minimum atomic E-state index is 0.526. The summed E-state index contributed by atoms with van der Waals surface area (Å²) in [5.41, 5.74) is 1.00. The van der Waals surface area contributed by atoms with E-state index in [0.29, 0.717) is 18.8 Å². The van der Waals surface area contributed by atoms with Crippen molar-refractivity contribution in [2.45, 2.75) is 6.54 Å². The Hall–Kier alpha value is -1.18. The number of ether oxygens (including phenoxy) is 2. The predicted molar refractivity (Wildman–Crippen MR) is 67.8 cm³/mol. The first-order valence-electron chi connectivity index (χ1n) is 4.77. The molecule has 0 fully saturated rings. The zero-order chi connectivity index (χ0) is 12.0. The molecule has 0 aliphatic heterocycles. The fourth-order valence-electron chi connectivity index (χ4n) is 1.41. The van der Waals surface area contributed by atoms with Crippen LogP contribution in [0.5, 0.6) is 11.5 Å². The summed E-state index contributed by atoms with van der Waals surface area (Å²) in [6, 6.07) is 3.84. The minimum absolute atomic E-state index is 0.526. The average molecular weight is 284 g/mol. The number of methoxy groups -OCH3 is 2. The van der Waals surface area contributed by atoms with E-state index in [9.17, 15) is 0 Å². The van der Waals surface area contributed by atoms with Gasteiger partial charge in [0.25, 0.3) is 0 Å². The molecule has 0 saturated heterocycles. The topological polar surface area (TPSA) is 30.5 Å². The maximum absolute atomic E-state index is 5.32. The van der Waals surface area contributed by atoms with Crippen molar-refractivity contribution in [3.8, 4) is 23.8 Å². The van der Waals surface area contributed by atoms with Gasteiger partial charge in [-0.2, -0.15) is 0 Å². The molecule has 0 aromatic heterocycles. The average Bonchev–Trinajstić information content (AvgIpc) is 2.28. The Morgan fingerprint density at radius 2 is 2.12 bits per heavy atom. The SMILES string of the molecule is C#CCNCc1cc(Br)cc(OC)c1OC. The van der Waals surface area contributed by atoms with Crippen LogP contribution in [0.3, 0.4) is 0 Å². The number of halogens is 1. The van der Waals surface area contributed by atoms with Crippen LogP contribution in [-0.4, -0.2) is 20.8 Å². The summed E-state index contributed by atoms with van der Waals surface area (Å²) in [5.74, 6) is 3.96. The molecule has 86 valence electrons. The maximum atomic E-state index is 5.32. The van der Waals surface area contributed by atoms with Crippen molar-refractivity contribution in [2.75, 3.05) is 20.8 Å². The van der Waals surface area contributed by atoms with Gasteiger partial charge in [-0.3, -0.25) is 0 Å². The lowest BCUT2D eigenvalue weighted by atomic mass is 10.2. The van der Waals surface area contributed by atoms with Gasteiger partial charge < -0.3 is 14.8 Å². The van der Waals surface area contributed by atoms with Crippen LogP contribution in [-0.2, 0) is 6.54 Å². The lowest BCUT2D eigenvalue weighted by molar-refractivity contribution is 0.350. The number of hydrogen-bond acceptors (Lipinski definition) is 3. The van der Waals surface area contributed by atoms with Crippen molar-refractivity contribution < 1.29 is 9.47 Å². The van der Waals surface area contributed by atoms with Gasteiger partial charge in [0.05, 0.1) is 20.8 Å². The highest BCUT2D eigenvalue weighted by Crippen LogP contribution is 2.34. The van der Waals surface area contributed by atoms with Crippen LogP contribution in [0.25, 0.3) is 0 Å². The number of rotatable bonds is 5. The van der Waals surface area contributed by atoms with Crippen molar-refractivity contribution in [1.82, 2.24) is 5.32 Å². The van der Waals surface area contributed by atoms with Gasteiger partial charge in [0.2, 0.25) is 0 Å². The monoisotopic (exact) mass is 283 g/mol. The van der Waals surface area contributed by atoms with Gasteiger partial charge in [0, 0.05) is 16.6 Å². The molecule has 0 aliphatic rings. The normalized spacial score (nSPS) is 9.62. The van der Waals surface area contributed by atoms with E-state index >= 15 is 0 Å². The van der Waals surface area contributed by atoms with Gasteiger partial charge >= 0.3 is 0 Å². The number of hydrogen-bond donors (Lipinski definition) is 1. The first kappa shape index (κ1) is 12.9. The molecule has 1 aromatic rings. The van der Waals surface area contributed by atoms with E-state index in [-0.39, 0.29) is 0 Å². The lowest BCUT2D eigenvalue weighted by Gasteiger charge is -2.13. The highest BCUT2D eigenvalue weighted by Gasteiger charge is 2.10. The fourth-order valence-corrected chi connectivity index (χ4v) is 1.89. The molecule has 0 heterocycles. The number of terminal acetylenes is 1. The minimum Gasteiger partial charge on any atom is -0.493 e. The summed E-state index contributed by atoms with van der Waals surface area (Å²) in [7, 11) is 3.24. The second-order valence-corrected chi connectivity index (χ2v) is 4.02. The molecule has 1 N–H and O–H groups in total. The Morgan fingerprint density at radius 3 is 2.69 bits per heavy atom. The van der Waals surface area contributed by atoms with Gasteiger partial charge in [-0.25, -0.2) is 0 Å². The van der Waals surface area contributed by atoms with Crippen LogP contribution in [0.4, 0.5) is 0 Å². The third-order valence-electron chi connectivity index (χ3n) is 2.06. The molecule has 0 spiro atoms. The van der Waals surface area contributed by atoms with Gasteiger partial charge in [-0.1, -0.05) is 21.9 Å². The zero-order valence-electron chi connectivity index (χ0n) is 9.34. The molecule has 0 saturated carbocycles. The Balaban J connectivity index is 2.96. The number of nitrogens with one attached hydrogen (secondary N) is 1. The fraction of sp³-hybridized carbons (Fsp3) is 0.333. The molecule has 4 heteroatoms. The zero-order valence-corrected chi connectivity index (χ0v) is 10.9. The lowest BCUT2D eigenvalue weighted by Crippen LogP contribution is -2.14. The summed E-state index contributed by atoms with van der Waals surface area (Å²) < 4.78 is 11.5. The van der Waals surface area contributed by atoms with Crippen LogP contribution in [0.2, 0.25) is 0 Å². The predicted octanol–water partition coefficient (Wildman–Crippen LogP) is 2.19. The summed E-state index contributed by atoms with van der Waals surface area (Å²) in [6.45, 7) is 1.17.